The summed E-state index contributed by atoms with van der Waals surface area (Å²) in [5.74, 6) is 0. The van der Waals surface area contributed by atoms with Gasteiger partial charge >= 0.3 is 0 Å². The molecule has 1 aromatic carbocycles. The van der Waals surface area contributed by atoms with E-state index in [-0.39, 0.29) is 0 Å². The summed E-state index contributed by atoms with van der Waals surface area (Å²) in [6, 6.07) is 12.3. The van der Waals surface area contributed by atoms with E-state index in [2.05, 4.69) is 23.3 Å². The standard InChI is InChI=1S/C13H13N3/c1-10-13(8-14)11(2)16(15-10)9-12-6-4-3-5-7-12/h3-7H,9H2,1-2H3. The average Bonchev–Trinajstić information content (AvgIpc) is 2.55. The van der Waals surface area contributed by atoms with Crippen molar-refractivity contribution in [1.29, 1.82) is 5.26 Å². The van der Waals surface area contributed by atoms with E-state index >= 15 is 0 Å². The average molecular weight is 211 g/mol. The Labute approximate surface area is 94.9 Å². The van der Waals surface area contributed by atoms with Crippen LogP contribution in [0, 0.1) is 25.2 Å². The van der Waals surface area contributed by atoms with Crippen LogP contribution in [0.5, 0.6) is 0 Å². The first kappa shape index (κ1) is 10.4. The fraction of sp³-hybridized carbons (Fsp3) is 0.231. The van der Waals surface area contributed by atoms with E-state index in [0.29, 0.717) is 5.56 Å². The summed E-state index contributed by atoms with van der Waals surface area (Å²) >= 11 is 0. The molecule has 0 saturated heterocycles. The number of benzene rings is 1. The molecule has 2 aromatic rings. The summed E-state index contributed by atoms with van der Waals surface area (Å²) in [5.41, 5.74) is 3.62. The molecule has 80 valence electrons. The zero-order chi connectivity index (χ0) is 11.5. The maximum Gasteiger partial charge on any atom is 0.103 e. The molecule has 0 unspecified atom stereocenters. The molecule has 0 spiro atoms. The van der Waals surface area contributed by atoms with Gasteiger partial charge < -0.3 is 0 Å². The van der Waals surface area contributed by atoms with E-state index in [1.54, 1.807) is 0 Å². The molecule has 0 atom stereocenters. The molecule has 3 nitrogen and oxygen atoms in total. The number of nitrogens with zero attached hydrogens (tertiary/aromatic N) is 3. The lowest BCUT2D eigenvalue weighted by Gasteiger charge is -2.03. The minimum Gasteiger partial charge on any atom is -0.264 e. The maximum atomic E-state index is 8.98. The van der Waals surface area contributed by atoms with Crippen molar-refractivity contribution in [3.8, 4) is 6.07 Å². The molecule has 0 amide bonds. The van der Waals surface area contributed by atoms with Crippen LogP contribution in [0.15, 0.2) is 30.3 Å². The number of aryl methyl sites for hydroxylation is 1. The van der Waals surface area contributed by atoms with E-state index in [1.165, 1.54) is 5.56 Å². The van der Waals surface area contributed by atoms with Crippen molar-refractivity contribution in [3.63, 3.8) is 0 Å². The van der Waals surface area contributed by atoms with Crippen LogP contribution in [0.4, 0.5) is 0 Å². The normalized spacial score (nSPS) is 10.1. The van der Waals surface area contributed by atoms with Gasteiger partial charge in [0.2, 0.25) is 0 Å². The molecule has 0 radical (unpaired) electrons. The van der Waals surface area contributed by atoms with E-state index < -0.39 is 0 Å². The van der Waals surface area contributed by atoms with Gasteiger partial charge in [-0.2, -0.15) is 10.4 Å². The van der Waals surface area contributed by atoms with Crippen LogP contribution in [-0.4, -0.2) is 9.78 Å². The van der Waals surface area contributed by atoms with Crippen molar-refractivity contribution in [1.82, 2.24) is 9.78 Å². The van der Waals surface area contributed by atoms with Gasteiger partial charge in [0, 0.05) is 0 Å². The zero-order valence-electron chi connectivity index (χ0n) is 9.44. The lowest BCUT2D eigenvalue weighted by atomic mass is 10.2. The largest absolute Gasteiger partial charge is 0.264 e. The summed E-state index contributed by atoms with van der Waals surface area (Å²) in [6.07, 6.45) is 0. The predicted octanol–water partition coefficient (Wildman–Crippen LogP) is 2.42. The summed E-state index contributed by atoms with van der Waals surface area (Å²) in [7, 11) is 0. The molecule has 0 aliphatic heterocycles. The van der Waals surface area contributed by atoms with Crippen molar-refractivity contribution >= 4 is 0 Å². The Hall–Kier alpha value is -2.08. The molecule has 3 heteroatoms. The summed E-state index contributed by atoms with van der Waals surface area (Å²) < 4.78 is 1.88. The number of hydrogen-bond acceptors (Lipinski definition) is 2. The maximum absolute atomic E-state index is 8.98. The molecule has 0 N–H and O–H groups in total. The number of rotatable bonds is 2. The van der Waals surface area contributed by atoms with Gasteiger partial charge in [-0.15, -0.1) is 0 Å². The minimum atomic E-state index is 0.691. The van der Waals surface area contributed by atoms with Crippen molar-refractivity contribution < 1.29 is 0 Å². The Bertz CT molecular complexity index is 532. The number of nitriles is 1. The summed E-state index contributed by atoms with van der Waals surface area (Å²) in [4.78, 5) is 0. The SMILES string of the molecule is Cc1nn(Cc2ccccc2)c(C)c1C#N. The molecule has 0 fully saturated rings. The second kappa shape index (κ2) is 4.19. The number of aromatic nitrogens is 2. The van der Waals surface area contributed by atoms with Gasteiger partial charge in [-0.3, -0.25) is 4.68 Å². The van der Waals surface area contributed by atoms with Crippen LogP contribution < -0.4 is 0 Å². The van der Waals surface area contributed by atoms with Crippen LogP contribution >= 0.6 is 0 Å². The molecular weight excluding hydrogens is 198 g/mol. The second-order valence-electron chi connectivity index (χ2n) is 3.80. The van der Waals surface area contributed by atoms with E-state index in [4.69, 9.17) is 5.26 Å². The Morgan fingerprint density at radius 3 is 2.50 bits per heavy atom. The monoisotopic (exact) mass is 211 g/mol. The third kappa shape index (κ3) is 1.82. The van der Waals surface area contributed by atoms with Crippen LogP contribution in [0.25, 0.3) is 0 Å². The molecule has 0 aliphatic rings. The molecule has 0 aliphatic carbocycles. The first-order chi connectivity index (χ1) is 7.72. The predicted molar refractivity (Wildman–Crippen MR) is 62.0 cm³/mol. The fourth-order valence-corrected chi connectivity index (χ4v) is 1.77. The Balaban J connectivity index is 2.34. The van der Waals surface area contributed by atoms with Gasteiger partial charge in [0.15, 0.2) is 0 Å². The van der Waals surface area contributed by atoms with Gasteiger partial charge in [-0.25, -0.2) is 0 Å². The molecule has 0 bridgehead atoms. The Morgan fingerprint density at radius 2 is 1.94 bits per heavy atom. The topological polar surface area (TPSA) is 41.6 Å². The third-order valence-corrected chi connectivity index (χ3v) is 2.67. The highest BCUT2D eigenvalue weighted by Crippen LogP contribution is 2.13. The molecule has 1 heterocycles. The van der Waals surface area contributed by atoms with Crippen LogP contribution in [-0.2, 0) is 6.54 Å². The second-order valence-corrected chi connectivity index (χ2v) is 3.80. The Kier molecular flexibility index (Phi) is 2.74. The van der Waals surface area contributed by atoms with E-state index in [1.807, 2.05) is 36.7 Å². The molecule has 1 aromatic heterocycles. The van der Waals surface area contributed by atoms with Crippen LogP contribution in [0.1, 0.15) is 22.5 Å². The van der Waals surface area contributed by atoms with Gasteiger partial charge in [0.1, 0.15) is 6.07 Å². The zero-order valence-corrected chi connectivity index (χ0v) is 9.44. The van der Waals surface area contributed by atoms with Gasteiger partial charge in [-0.1, -0.05) is 30.3 Å². The van der Waals surface area contributed by atoms with Crippen LogP contribution in [0.2, 0.25) is 0 Å². The highest BCUT2D eigenvalue weighted by molar-refractivity contribution is 5.37. The smallest absolute Gasteiger partial charge is 0.103 e. The van der Waals surface area contributed by atoms with Crippen molar-refractivity contribution in [2.24, 2.45) is 0 Å². The fourth-order valence-electron chi connectivity index (χ4n) is 1.77. The first-order valence-corrected chi connectivity index (χ1v) is 5.20. The lowest BCUT2D eigenvalue weighted by Crippen LogP contribution is -2.03. The van der Waals surface area contributed by atoms with Gasteiger partial charge in [-0.05, 0) is 19.4 Å². The minimum absolute atomic E-state index is 0.691. The Morgan fingerprint density at radius 1 is 1.25 bits per heavy atom. The molecule has 2 rings (SSSR count). The van der Waals surface area contributed by atoms with Crippen molar-refractivity contribution in [2.75, 3.05) is 0 Å². The molecule has 0 saturated carbocycles. The van der Waals surface area contributed by atoms with E-state index in [9.17, 15) is 0 Å². The first-order valence-electron chi connectivity index (χ1n) is 5.20. The van der Waals surface area contributed by atoms with Gasteiger partial charge in [0.25, 0.3) is 0 Å². The highest BCUT2D eigenvalue weighted by Gasteiger charge is 2.10. The van der Waals surface area contributed by atoms with Gasteiger partial charge in [0.05, 0.1) is 23.5 Å². The lowest BCUT2D eigenvalue weighted by molar-refractivity contribution is 0.659. The van der Waals surface area contributed by atoms with E-state index in [0.717, 1.165) is 17.9 Å². The van der Waals surface area contributed by atoms with Crippen molar-refractivity contribution in [2.45, 2.75) is 20.4 Å². The molecule has 16 heavy (non-hydrogen) atoms. The highest BCUT2D eigenvalue weighted by atomic mass is 15.3. The number of hydrogen-bond donors (Lipinski definition) is 0. The van der Waals surface area contributed by atoms with Crippen LogP contribution in [0.3, 0.4) is 0 Å². The molecular formula is C13H13N3. The quantitative estimate of drug-likeness (QED) is 0.765. The third-order valence-electron chi connectivity index (χ3n) is 2.67. The summed E-state index contributed by atoms with van der Waals surface area (Å²) in [6.45, 7) is 4.52. The summed E-state index contributed by atoms with van der Waals surface area (Å²) in [5, 5.41) is 13.3. The van der Waals surface area contributed by atoms with Crippen molar-refractivity contribution in [3.05, 3.63) is 52.8 Å².